The summed E-state index contributed by atoms with van der Waals surface area (Å²) < 4.78 is 25.5. The lowest BCUT2D eigenvalue weighted by Gasteiger charge is -2.05. The van der Waals surface area contributed by atoms with Gasteiger partial charge in [-0.3, -0.25) is 4.79 Å². The van der Waals surface area contributed by atoms with E-state index >= 15 is 0 Å². The molecule has 0 spiro atoms. The molecule has 106 valence electrons. The number of aliphatic hydroxyl groups excluding tert-OH is 1. The standard InChI is InChI=1S/C11H17N3O4S/c12-10(16)3-1-2-9-4-5-11(13-8-9)19(17,18)14-6-7-15/h4-5,8,14-15H,1-3,6-7H2,(H2,12,16). The van der Waals surface area contributed by atoms with Gasteiger partial charge in [0.25, 0.3) is 10.0 Å². The van der Waals surface area contributed by atoms with Crippen molar-refractivity contribution < 1.29 is 18.3 Å². The summed E-state index contributed by atoms with van der Waals surface area (Å²) >= 11 is 0. The lowest BCUT2D eigenvalue weighted by molar-refractivity contribution is -0.118. The van der Waals surface area contributed by atoms with E-state index in [9.17, 15) is 13.2 Å². The summed E-state index contributed by atoms with van der Waals surface area (Å²) in [6.45, 7) is -0.325. The highest BCUT2D eigenvalue weighted by molar-refractivity contribution is 7.89. The van der Waals surface area contributed by atoms with Crippen molar-refractivity contribution in [1.29, 1.82) is 0 Å². The Hall–Kier alpha value is -1.51. The topological polar surface area (TPSA) is 122 Å². The van der Waals surface area contributed by atoms with Crippen LogP contribution >= 0.6 is 0 Å². The van der Waals surface area contributed by atoms with Crippen molar-refractivity contribution in [3.05, 3.63) is 23.9 Å². The molecule has 0 unspecified atom stereocenters. The molecule has 0 saturated heterocycles. The van der Waals surface area contributed by atoms with Crippen molar-refractivity contribution in [2.75, 3.05) is 13.2 Å². The summed E-state index contributed by atoms with van der Waals surface area (Å²) in [4.78, 5) is 14.4. The van der Waals surface area contributed by atoms with Gasteiger partial charge in [0.05, 0.1) is 6.61 Å². The van der Waals surface area contributed by atoms with Crippen LogP contribution in [0.4, 0.5) is 0 Å². The van der Waals surface area contributed by atoms with Crippen LogP contribution in [0.1, 0.15) is 18.4 Å². The number of nitrogens with one attached hydrogen (secondary N) is 1. The summed E-state index contributed by atoms with van der Waals surface area (Å²) in [5, 5.41) is 8.48. The lowest BCUT2D eigenvalue weighted by Crippen LogP contribution is -2.27. The smallest absolute Gasteiger partial charge is 0.258 e. The second-order valence-corrected chi connectivity index (χ2v) is 5.66. The number of carbonyl (C=O) groups is 1. The van der Waals surface area contributed by atoms with Crippen molar-refractivity contribution in [1.82, 2.24) is 9.71 Å². The molecule has 0 atom stereocenters. The molecule has 1 amide bonds. The number of aliphatic hydroxyl groups is 1. The maximum Gasteiger partial charge on any atom is 0.258 e. The van der Waals surface area contributed by atoms with E-state index in [0.29, 0.717) is 12.8 Å². The molecule has 0 aliphatic heterocycles. The average Bonchev–Trinajstić information content (AvgIpc) is 2.37. The zero-order valence-corrected chi connectivity index (χ0v) is 11.2. The number of nitrogens with zero attached hydrogens (tertiary/aromatic N) is 1. The van der Waals surface area contributed by atoms with Crippen LogP contribution in [0.15, 0.2) is 23.4 Å². The monoisotopic (exact) mass is 287 g/mol. The van der Waals surface area contributed by atoms with Gasteiger partial charge in [0.2, 0.25) is 5.91 Å². The highest BCUT2D eigenvalue weighted by Crippen LogP contribution is 2.08. The summed E-state index contributed by atoms with van der Waals surface area (Å²) in [5.41, 5.74) is 5.86. The number of aromatic nitrogens is 1. The van der Waals surface area contributed by atoms with Gasteiger partial charge in [-0.1, -0.05) is 6.07 Å². The second kappa shape index (κ2) is 7.17. The molecule has 0 fully saturated rings. The summed E-state index contributed by atoms with van der Waals surface area (Å²) in [5.74, 6) is -0.361. The Bertz CT molecular complexity index is 513. The number of nitrogens with two attached hydrogens (primary N) is 1. The minimum absolute atomic E-state index is 0.0512. The third kappa shape index (κ3) is 5.33. The van der Waals surface area contributed by atoms with Gasteiger partial charge in [-0.25, -0.2) is 18.1 Å². The molecule has 0 aliphatic carbocycles. The molecular formula is C11H17N3O4S. The van der Waals surface area contributed by atoms with Crippen molar-refractivity contribution in [3.63, 3.8) is 0 Å². The largest absolute Gasteiger partial charge is 0.395 e. The number of aryl methyl sites for hydroxylation is 1. The predicted molar refractivity (Wildman–Crippen MR) is 68.6 cm³/mol. The Balaban J connectivity index is 2.63. The Labute approximate surface area is 111 Å². The van der Waals surface area contributed by atoms with E-state index in [4.69, 9.17) is 10.8 Å². The Kier molecular flexibility index (Phi) is 5.87. The van der Waals surface area contributed by atoms with Crippen molar-refractivity contribution >= 4 is 15.9 Å². The molecule has 0 saturated carbocycles. The summed E-state index contributed by atoms with van der Waals surface area (Å²) in [6.07, 6.45) is 2.96. The normalized spacial score (nSPS) is 11.4. The molecule has 0 bridgehead atoms. The van der Waals surface area contributed by atoms with Crippen LogP contribution in [-0.4, -0.2) is 37.6 Å². The van der Waals surface area contributed by atoms with Crippen LogP contribution < -0.4 is 10.5 Å². The Morgan fingerprint density at radius 2 is 2.16 bits per heavy atom. The van der Waals surface area contributed by atoms with Gasteiger partial charge in [-0.15, -0.1) is 0 Å². The van der Waals surface area contributed by atoms with Crippen LogP contribution in [0, 0.1) is 0 Å². The highest BCUT2D eigenvalue weighted by Gasteiger charge is 2.14. The van der Waals surface area contributed by atoms with Crippen molar-refractivity contribution in [2.45, 2.75) is 24.3 Å². The molecule has 1 heterocycles. The van der Waals surface area contributed by atoms with Gasteiger partial charge >= 0.3 is 0 Å². The quantitative estimate of drug-likeness (QED) is 0.575. The molecule has 0 radical (unpaired) electrons. The van der Waals surface area contributed by atoms with Crippen LogP contribution in [-0.2, 0) is 21.2 Å². The first-order valence-electron chi connectivity index (χ1n) is 5.79. The third-order valence-corrected chi connectivity index (χ3v) is 3.74. The SMILES string of the molecule is NC(=O)CCCc1ccc(S(=O)(=O)NCCO)nc1. The third-order valence-electron chi connectivity index (χ3n) is 2.37. The first kappa shape index (κ1) is 15.5. The summed E-state index contributed by atoms with van der Waals surface area (Å²) in [7, 11) is -3.67. The molecule has 0 aliphatic rings. The number of pyridine rings is 1. The predicted octanol–water partition coefficient (Wildman–Crippen LogP) is -0.840. The summed E-state index contributed by atoms with van der Waals surface area (Å²) in [6, 6.07) is 3.03. The molecule has 7 nitrogen and oxygen atoms in total. The minimum atomic E-state index is -3.67. The zero-order chi connectivity index (χ0) is 14.3. The average molecular weight is 287 g/mol. The van der Waals surface area contributed by atoms with Crippen LogP contribution in [0.3, 0.4) is 0 Å². The van der Waals surface area contributed by atoms with Gasteiger partial charge in [0.1, 0.15) is 0 Å². The number of hydrogen-bond donors (Lipinski definition) is 3. The van der Waals surface area contributed by atoms with E-state index in [0.717, 1.165) is 5.56 Å². The molecular weight excluding hydrogens is 270 g/mol. The number of sulfonamides is 1. The highest BCUT2D eigenvalue weighted by atomic mass is 32.2. The van der Waals surface area contributed by atoms with E-state index in [-0.39, 0.29) is 30.5 Å². The fraction of sp³-hybridized carbons (Fsp3) is 0.455. The second-order valence-electron chi connectivity index (χ2n) is 3.95. The van der Waals surface area contributed by atoms with Gasteiger partial charge in [0, 0.05) is 19.2 Å². The number of rotatable bonds is 8. The van der Waals surface area contributed by atoms with Gasteiger partial charge < -0.3 is 10.8 Å². The first-order valence-corrected chi connectivity index (χ1v) is 7.28. The van der Waals surface area contributed by atoms with Crippen LogP contribution in [0.2, 0.25) is 0 Å². The maximum absolute atomic E-state index is 11.7. The number of hydrogen-bond acceptors (Lipinski definition) is 5. The first-order chi connectivity index (χ1) is 8.95. The fourth-order valence-corrected chi connectivity index (χ4v) is 2.39. The van der Waals surface area contributed by atoms with E-state index < -0.39 is 10.0 Å². The van der Waals surface area contributed by atoms with Gasteiger partial charge in [0.15, 0.2) is 5.03 Å². The molecule has 0 aromatic carbocycles. The Morgan fingerprint density at radius 1 is 1.42 bits per heavy atom. The molecule has 1 rings (SSSR count). The Morgan fingerprint density at radius 3 is 2.68 bits per heavy atom. The lowest BCUT2D eigenvalue weighted by atomic mass is 10.1. The van der Waals surface area contributed by atoms with Crippen LogP contribution in [0.25, 0.3) is 0 Å². The van der Waals surface area contributed by atoms with E-state index in [2.05, 4.69) is 9.71 Å². The van der Waals surface area contributed by atoms with E-state index in [1.54, 1.807) is 6.07 Å². The van der Waals surface area contributed by atoms with E-state index in [1.165, 1.54) is 12.3 Å². The molecule has 4 N–H and O–H groups in total. The number of amides is 1. The molecule has 19 heavy (non-hydrogen) atoms. The minimum Gasteiger partial charge on any atom is -0.395 e. The molecule has 8 heteroatoms. The number of primary amides is 1. The molecule has 1 aromatic rings. The molecule has 1 aromatic heterocycles. The van der Waals surface area contributed by atoms with Crippen molar-refractivity contribution in [3.8, 4) is 0 Å². The van der Waals surface area contributed by atoms with Gasteiger partial charge in [-0.2, -0.15) is 0 Å². The van der Waals surface area contributed by atoms with Crippen molar-refractivity contribution in [2.24, 2.45) is 5.73 Å². The van der Waals surface area contributed by atoms with Crippen LogP contribution in [0.5, 0.6) is 0 Å². The fourth-order valence-electron chi connectivity index (χ4n) is 1.44. The maximum atomic E-state index is 11.7. The van der Waals surface area contributed by atoms with Gasteiger partial charge in [-0.05, 0) is 24.5 Å². The zero-order valence-electron chi connectivity index (χ0n) is 10.4. The number of carbonyl (C=O) groups excluding carboxylic acids is 1. The van der Waals surface area contributed by atoms with E-state index in [1.807, 2.05) is 0 Å².